The van der Waals surface area contributed by atoms with Crippen molar-refractivity contribution in [2.24, 2.45) is 0 Å². The fourth-order valence-corrected chi connectivity index (χ4v) is 4.05. The third-order valence-corrected chi connectivity index (χ3v) is 5.26. The van der Waals surface area contributed by atoms with Gasteiger partial charge >= 0.3 is 0 Å². The van der Waals surface area contributed by atoms with Crippen LogP contribution in [0, 0.1) is 0 Å². The van der Waals surface area contributed by atoms with E-state index in [1.165, 1.54) is 11.1 Å². The molecule has 132 valence electrons. The molecule has 5 heteroatoms. The smallest absolute Gasteiger partial charge is 0.230 e. The van der Waals surface area contributed by atoms with E-state index in [0.29, 0.717) is 0 Å². The molecular formula is C20H24ClN3O. The summed E-state index contributed by atoms with van der Waals surface area (Å²) < 4.78 is 0. The van der Waals surface area contributed by atoms with Crippen LogP contribution < -0.4 is 5.32 Å². The number of benzene rings is 1. The van der Waals surface area contributed by atoms with Crippen molar-refractivity contribution in [3.63, 3.8) is 0 Å². The highest BCUT2D eigenvalue weighted by Gasteiger charge is 2.35. The Balaban J connectivity index is 0.00000182. The molecule has 1 aliphatic carbocycles. The number of nitrogens with one attached hydrogen (secondary N) is 1. The molecular weight excluding hydrogens is 334 g/mol. The molecule has 2 atom stereocenters. The van der Waals surface area contributed by atoms with Crippen molar-refractivity contribution in [2.45, 2.75) is 31.2 Å². The highest BCUT2D eigenvalue weighted by molar-refractivity contribution is 5.85. The Bertz CT molecular complexity index is 722. The molecule has 0 radical (unpaired) electrons. The molecule has 4 rings (SSSR count). The lowest BCUT2D eigenvalue weighted by Gasteiger charge is -2.39. The van der Waals surface area contributed by atoms with Crippen LogP contribution in [-0.4, -0.2) is 35.4 Å². The van der Waals surface area contributed by atoms with Gasteiger partial charge in [0.05, 0.1) is 12.0 Å². The Morgan fingerprint density at radius 2 is 2.08 bits per heavy atom. The molecule has 1 aromatic heterocycles. The fourth-order valence-electron chi connectivity index (χ4n) is 4.05. The second kappa shape index (κ2) is 7.98. The van der Waals surface area contributed by atoms with Crippen LogP contribution in [0.25, 0.3) is 0 Å². The van der Waals surface area contributed by atoms with Gasteiger partial charge in [0.25, 0.3) is 0 Å². The molecule has 1 N–H and O–H groups in total. The Morgan fingerprint density at radius 3 is 2.92 bits per heavy atom. The molecule has 0 saturated carbocycles. The number of rotatable bonds is 2. The first-order chi connectivity index (χ1) is 11.8. The molecule has 1 aromatic carbocycles. The number of amides is 1. The quantitative estimate of drug-likeness (QED) is 0.898. The van der Waals surface area contributed by atoms with E-state index in [1.54, 1.807) is 6.20 Å². The van der Waals surface area contributed by atoms with Crippen molar-refractivity contribution < 1.29 is 4.79 Å². The number of aromatic nitrogens is 1. The average molecular weight is 358 g/mol. The number of halogens is 1. The maximum Gasteiger partial charge on any atom is 0.230 e. The second-order valence-electron chi connectivity index (χ2n) is 6.68. The third-order valence-electron chi connectivity index (χ3n) is 5.26. The van der Waals surface area contributed by atoms with Gasteiger partial charge in [-0.3, -0.25) is 9.78 Å². The number of pyridine rings is 1. The van der Waals surface area contributed by atoms with E-state index < -0.39 is 0 Å². The summed E-state index contributed by atoms with van der Waals surface area (Å²) in [5.74, 6) is 0.282. The molecule has 0 bridgehead atoms. The van der Waals surface area contributed by atoms with Gasteiger partial charge in [-0.1, -0.05) is 30.3 Å². The van der Waals surface area contributed by atoms with Gasteiger partial charge in [-0.2, -0.15) is 0 Å². The van der Waals surface area contributed by atoms with E-state index in [2.05, 4.69) is 45.5 Å². The van der Waals surface area contributed by atoms with Crippen LogP contribution in [0.2, 0.25) is 0 Å². The molecule has 1 saturated heterocycles. The van der Waals surface area contributed by atoms with Crippen LogP contribution in [0.3, 0.4) is 0 Å². The standard InChI is InChI=1S/C20H23N3O.ClH/c24-20(18-9-3-6-15-5-1-2-8-17(15)18)23-12-11-22-14-19(23)16-7-4-10-21-13-16;/h1-2,4-5,7-8,10,13,18-19,22H,3,6,9,11-12,14H2;1H. The third kappa shape index (κ3) is 3.55. The van der Waals surface area contributed by atoms with Gasteiger partial charge in [0.1, 0.15) is 0 Å². The Kier molecular flexibility index (Phi) is 5.71. The molecule has 25 heavy (non-hydrogen) atoms. The van der Waals surface area contributed by atoms with E-state index in [9.17, 15) is 4.79 Å². The summed E-state index contributed by atoms with van der Waals surface area (Å²) in [6, 6.07) is 12.5. The predicted molar refractivity (Wildman–Crippen MR) is 101 cm³/mol. The summed E-state index contributed by atoms with van der Waals surface area (Å²) in [5, 5.41) is 3.42. The van der Waals surface area contributed by atoms with E-state index in [4.69, 9.17) is 0 Å². The van der Waals surface area contributed by atoms with E-state index in [0.717, 1.165) is 44.5 Å². The highest BCUT2D eigenvalue weighted by Crippen LogP contribution is 2.35. The van der Waals surface area contributed by atoms with Gasteiger partial charge in [-0.25, -0.2) is 0 Å². The van der Waals surface area contributed by atoms with E-state index >= 15 is 0 Å². The van der Waals surface area contributed by atoms with Gasteiger partial charge in [0.15, 0.2) is 0 Å². The highest BCUT2D eigenvalue weighted by atomic mass is 35.5. The monoisotopic (exact) mass is 357 g/mol. The van der Waals surface area contributed by atoms with Gasteiger partial charge in [-0.05, 0) is 42.0 Å². The summed E-state index contributed by atoms with van der Waals surface area (Å²) in [4.78, 5) is 19.7. The normalized spacial score (nSPS) is 22.6. The maximum atomic E-state index is 13.4. The van der Waals surface area contributed by atoms with Crippen molar-refractivity contribution in [3.8, 4) is 0 Å². The molecule has 2 aromatic rings. The van der Waals surface area contributed by atoms with Gasteiger partial charge in [0, 0.05) is 32.0 Å². The summed E-state index contributed by atoms with van der Waals surface area (Å²) in [5.41, 5.74) is 3.69. The zero-order valence-corrected chi connectivity index (χ0v) is 15.0. The lowest BCUT2D eigenvalue weighted by atomic mass is 9.81. The first kappa shape index (κ1) is 17.9. The average Bonchev–Trinajstić information content (AvgIpc) is 2.68. The molecule has 1 amide bonds. The number of carbonyl (C=O) groups excluding carboxylic acids is 1. The molecule has 4 nitrogen and oxygen atoms in total. The maximum absolute atomic E-state index is 13.4. The van der Waals surface area contributed by atoms with Crippen LogP contribution in [0.15, 0.2) is 48.8 Å². The van der Waals surface area contributed by atoms with Gasteiger partial charge in [-0.15, -0.1) is 12.4 Å². The molecule has 1 fully saturated rings. The molecule has 2 aliphatic rings. The number of fused-ring (bicyclic) bond motifs is 1. The summed E-state index contributed by atoms with van der Waals surface area (Å²) in [6.07, 6.45) is 6.81. The van der Waals surface area contributed by atoms with E-state index in [1.807, 2.05) is 12.3 Å². The predicted octanol–water partition coefficient (Wildman–Crippen LogP) is 3.10. The lowest BCUT2D eigenvalue weighted by molar-refractivity contribution is -0.136. The first-order valence-corrected chi connectivity index (χ1v) is 8.83. The van der Waals surface area contributed by atoms with E-state index in [-0.39, 0.29) is 30.3 Å². The number of nitrogens with zero attached hydrogens (tertiary/aromatic N) is 2. The van der Waals surface area contributed by atoms with Crippen LogP contribution in [0.5, 0.6) is 0 Å². The van der Waals surface area contributed by atoms with Crippen LogP contribution in [0.4, 0.5) is 0 Å². The van der Waals surface area contributed by atoms with Crippen LogP contribution in [0.1, 0.15) is 41.5 Å². The molecule has 1 aliphatic heterocycles. The number of aryl methyl sites for hydroxylation is 1. The summed E-state index contributed by atoms with van der Waals surface area (Å²) in [6.45, 7) is 2.42. The molecule has 2 heterocycles. The Labute approximate surface area is 155 Å². The molecule has 0 spiro atoms. The van der Waals surface area contributed by atoms with Gasteiger partial charge < -0.3 is 10.2 Å². The molecule has 2 unspecified atom stereocenters. The fraction of sp³-hybridized carbons (Fsp3) is 0.400. The van der Waals surface area contributed by atoms with Gasteiger partial charge in [0.2, 0.25) is 5.91 Å². The largest absolute Gasteiger partial charge is 0.333 e. The van der Waals surface area contributed by atoms with Crippen LogP contribution in [-0.2, 0) is 11.2 Å². The summed E-state index contributed by atoms with van der Waals surface area (Å²) >= 11 is 0. The zero-order valence-electron chi connectivity index (χ0n) is 14.2. The van der Waals surface area contributed by atoms with Crippen molar-refractivity contribution in [1.29, 1.82) is 0 Å². The second-order valence-corrected chi connectivity index (χ2v) is 6.68. The SMILES string of the molecule is Cl.O=C(C1CCCc2ccccc21)N1CCNCC1c1cccnc1. The first-order valence-electron chi connectivity index (χ1n) is 8.83. The Hall–Kier alpha value is -1.91. The topological polar surface area (TPSA) is 45.2 Å². The number of piperazine rings is 1. The number of hydrogen-bond donors (Lipinski definition) is 1. The Morgan fingerprint density at radius 1 is 1.20 bits per heavy atom. The van der Waals surface area contributed by atoms with Crippen molar-refractivity contribution in [1.82, 2.24) is 15.2 Å². The number of carbonyl (C=O) groups is 1. The van der Waals surface area contributed by atoms with Crippen molar-refractivity contribution >= 4 is 18.3 Å². The van der Waals surface area contributed by atoms with Crippen molar-refractivity contribution in [2.75, 3.05) is 19.6 Å². The minimum absolute atomic E-state index is 0. The minimum Gasteiger partial charge on any atom is -0.333 e. The van der Waals surface area contributed by atoms with Crippen LogP contribution >= 0.6 is 12.4 Å². The van der Waals surface area contributed by atoms with Crippen molar-refractivity contribution in [3.05, 3.63) is 65.5 Å². The minimum atomic E-state index is 0. The summed E-state index contributed by atoms with van der Waals surface area (Å²) in [7, 11) is 0. The zero-order chi connectivity index (χ0) is 16.4. The lowest BCUT2D eigenvalue weighted by Crippen LogP contribution is -2.50. The number of hydrogen-bond acceptors (Lipinski definition) is 3.